The van der Waals surface area contributed by atoms with Gasteiger partial charge in [0, 0.05) is 12.5 Å². The lowest BCUT2D eigenvalue weighted by atomic mass is 10.1. The Morgan fingerprint density at radius 3 is 3.25 bits per heavy atom. The number of aromatic hydroxyl groups is 1. The molecule has 1 aliphatic heterocycles. The van der Waals surface area contributed by atoms with Gasteiger partial charge in [-0.2, -0.15) is 0 Å². The molecule has 1 saturated heterocycles. The lowest BCUT2D eigenvalue weighted by molar-refractivity contribution is 0.440. The predicted octanol–water partition coefficient (Wildman–Crippen LogP) is 1.33. The van der Waals surface area contributed by atoms with E-state index in [1.807, 2.05) is 22.7 Å². The molecule has 4 heteroatoms. The van der Waals surface area contributed by atoms with Gasteiger partial charge in [0.15, 0.2) is 5.88 Å². The summed E-state index contributed by atoms with van der Waals surface area (Å²) in [7, 11) is 0. The van der Waals surface area contributed by atoms with Crippen molar-refractivity contribution in [3.63, 3.8) is 0 Å². The summed E-state index contributed by atoms with van der Waals surface area (Å²) in [5.74, 6) is 1.20. The van der Waals surface area contributed by atoms with E-state index in [2.05, 4.69) is 10.3 Å². The minimum Gasteiger partial charge on any atom is -0.494 e. The van der Waals surface area contributed by atoms with Crippen molar-refractivity contribution in [2.24, 2.45) is 0 Å². The predicted molar refractivity (Wildman–Crippen MR) is 61.6 cm³/mol. The zero-order valence-electron chi connectivity index (χ0n) is 9.06. The molecule has 4 nitrogen and oxygen atoms in total. The molecular formula is C12H15N3O. The summed E-state index contributed by atoms with van der Waals surface area (Å²) in [4.78, 5) is 4.38. The molecule has 84 valence electrons. The highest BCUT2D eigenvalue weighted by Gasteiger charge is 2.17. The maximum absolute atomic E-state index is 9.82. The number of fused-ring (bicyclic) bond motifs is 1. The largest absolute Gasteiger partial charge is 0.494 e. The quantitative estimate of drug-likeness (QED) is 0.798. The first kappa shape index (κ1) is 9.66. The van der Waals surface area contributed by atoms with Crippen LogP contribution in [-0.4, -0.2) is 27.1 Å². The zero-order valence-corrected chi connectivity index (χ0v) is 9.06. The molecule has 3 heterocycles. The fourth-order valence-electron chi connectivity index (χ4n) is 2.39. The van der Waals surface area contributed by atoms with Gasteiger partial charge in [0.05, 0.1) is 11.7 Å². The molecule has 1 aliphatic rings. The van der Waals surface area contributed by atoms with Gasteiger partial charge in [-0.3, -0.25) is 4.40 Å². The Kier molecular flexibility index (Phi) is 2.29. The van der Waals surface area contributed by atoms with Crippen LogP contribution in [0.4, 0.5) is 0 Å². The lowest BCUT2D eigenvalue weighted by Crippen LogP contribution is -2.24. The van der Waals surface area contributed by atoms with Crippen molar-refractivity contribution in [3.05, 3.63) is 30.2 Å². The third kappa shape index (κ3) is 1.55. The normalized spacial score (nSPS) is 20.6. The number of aromatic nitrogens is 2. The number of hydrogen-bond acceptors (Lipinski definition) is 3. The highest BCUT2D eigenvalue weighted by Crippen LogP contribution is 2.18. The van der Waals surface area contributed by atoms with Crippen LogP contribution in [0.2, 0.25) is 0 Å². The molecule has 2 aromatic rings. The Bertz CT molecular complexity index is 500. The van der Waals surface area contributed by atoms with E-state index in [-0.39, 0.29) is 5.88 Å². The molecule has 0 amide bonds. The van der Waals surface area contributed by atoms with Gasteiger partial charge in [-0.25, -0.2) is 4.98 Å². The fraction of sp³-hybridized carbons (Fsp3) is 0.417. The van der Waals surface area contributed by atoms with Gasteiger partial charge < -0.3 is 10.4 Å². The molecule has 16 heavy (non-hydrogen) atoms. The highest BCUT2D eigenvalue weighted by atomic mass is 16.3. The Morgan fingerprint density at radius 2 is 2.44 bits per heavy atom. The Balaban J connectivity index is 1.97. The average Bonchev–Trinajstić information content (AvgIpc) is 2.90. The number of imidazole rings is 1. The van der Waals surface area contributed by atoms with Crippen molar-refractivity contribution in [1.82, 2.24) is 14.7 Å². The van der Waals surface area contributed by atoms with Crippen molar-refractivity contribution in [2.45, 2.75) is 25.3 Å². The SMILES string of the molecule is Oc1cccc2cnc(CC3CCCN3)n12. The summed E-state index contributed by atoms with van der Waals surface area (Å²) < 4.78 is 1.82. The van der Waals surface area contributed by atoms with E-state index < -0.39 is 0 Å². The van der Waals surface area contributed by atoms with Crippen LogP contribution in [-0.2, 0) is 6.42 Å². The molecule has 1 atom stereocenters. The number of nitrogens with zero attached hydrogens (tertiary/aromatic N) is 2. The van der Waals surface area contributed by atoms with E-state index in [0.717, 1.165) is 24.3 Å². The maximum Gasteiger partial charge on any atom is 0.197 e. The van der Waals surface area contributed by atoms with Crippen LogP contribution in [0.15, 0.2) is 24.4 Å². The molecule has 0 aliphatic carbocycles. The highest BCUT2D eigenvalue weighted by molar-refractivity contribution is 5.48. The van der Waals surface area contributed by atoms with E-state index in [4.69, 9.17) is 0 Å². The second-order valence-electron chi connectivity index (χ2n) is 4.32. The summed E-state index contributed by atoms with van der Waals surface area (Å²) >= 11 is 0. The van der Waals surface area contributed by atoms with E-state index >= 15 is 0 Å². The standard InChI is InChI=1S/C12H15N3O/c16-12-5-1-4-10-8-14-11(15(10)12)7-9-3-2-6-13-9/h1,4-5,8-9,13,16H,2-3,6-7H2. The van der Waals surface area contributed by atoms with Gasteiger partial charge in [-0.15, -0.1) is 0 Å². The molecular weight excluding hydrogens is 202 g/mol. The zero-order chi connectivity index (χ0) is 11.0. The van der Waals surface area contributed by atoms with Crippen molar-refractivity contribution in [1.29, 1.82) is 0 Å². The minimum absolute atomic E-state index is 0.267. The van der Waals surface area contributed by atoms with E-state index in [1.165, 1.54) is 12.8 Å². The first-order chi connectivity index (χ1) is 7.84. The van der Waals surface area contributed by atoms with Crippen LogP contribution in [0.25, 0.3) is 5.52 Å². The summed E-state index contributed by atoms with van der Waals surface area (Å²) in [5.41, 5.74) is 0.952. The fourth-order valence-corrected chi connectivity index (χ4v) is 2.39. The van der Waals surface area contributed by atoms with Crippen LogP contribution in [0.5, 0.6) is 5.88 Å². The molecule has 0 radical (unpaired) electrons. The van der Waals surface area contributed by atoms with Gasteiger partial charge in [0.25, 0.3) is 0 Å². The van der Waals surface area contributed by atoms with Crippen LogP contribution in [0.3, 0.4) is 0 Å². The van der Waals surface area contributed by atoms with Crippen molar-refractivity contribution in [3.8, 4) is 5.88 Å². The molecule has 2 aromatic heterocycles. The van der Waals surface area contributed by atoms with E-state index in [9.17, 15) is 5.11 Å². The van der Waals surface area contributed by atoms with Crippen LogP contribution in [0.1, 0.15) is 18.7 Å². The molecule has 3 rings (SSSR count). The average molecular weight is 217 g/mol. The smallest absolute Gasteiger partial charge is 0.197 e. The first-order valence-corrected chi connectivity index (χ1v) is 5.72. The van der Waals surface area contributed by atoms with Crippen LogP contribution >= 0.6 is 0 Å². The number of rotatable bonds is 2. The van der Waals surface area contributed by atoms with Gasteiger partial charge in [-0.1, -0.05) is 6.07 Å². The molecule has 1 unspecified atom stereocenters. The van der Waals surface area contributed by atoms with Crippen molar-refractivity contribution < 1.29 is 5.11 Å². The third-order valence-electron chi connectivity index (χ3n) is 3.19. The second kappa shape index (κ2) is 3.79. The monoisotopic (exact) mass is 217 g/mol. The Morgan fingerprint density at radius 1 is 1.50 bits per heavy atom. The number of hydrogen-bond donors (Lipinski definition) is 2. The van der Waals surface area contributed by atoms with E-state index in [1.54, 1.807) is 6.07 Å². The van der Waals surface area contributed by atoms with Crippen molar-refractivity contribution in [2.75, 3.05) is 6.54 Å². The van der Waals surface area contributed by atoms with Crippen LogP contribution in [0, 0.1) is 0 Å². The summed E-state index contributed by atoms with van der Waals surface area (Å²) in [5, 5.41) is 13.3. The van der Waals surface area contributed by atoms with Gasteiger partial charge in [-0.05, 0) is 31.5 Å². The summed E-state index contributed by atoms with van der Waals surface area (Å²) in [6.07, 6.45) is 5.12. The summed E-state index contributed by atoms with van der Waals surface area (Å²) in [6, 6.07) is 5.99. The second-order valence-corrected chi connectivity index (χ2v) is 4.32. The van der Waals surface area contributed by atoms with Crippen LogP contribution < -0.4 is 5.32 Å². The number of pyridine rings is 1. The molecule has 2 N–H and O–H groups in total. The summed E-state index contributed by atoms with van der Waals surface area (Å²) in [6.45, 7) is 1.10. The maximum atomic E-state index is 9.82. The van der Waals surface area contributed by atoms with Gasteiger partial charge in [0.2, 0.25) is 0 Å². The Labute approximate surface area is 93.9 Å². The molecule has 1 fully saturated rings. The third-order valence-corrected chi connectivity index (χ3v) is 3.19. The molecule has 0 bridgehead atoms. The van der Waals surface area contributed by atoms with Gasteiger partial charge >= 0.3 is 0 Å². The lowest BCUT2D eigenvalue weighted by Gasteiger charge is -2.09. The molecule has 0 aromatic carbocycles. The van der Waals surface area contributed by atoms with Crippen molar-refractivity contribution >= 4 is 5.52 Å². The Hall–Kier alpha value is -1.55. The van der Waals surface area contributed by atoms with E-state index in [0.29, 0.717) is 6.04 Å². The minimum atomic E-state index is 0.267. The molecule has 0 spiro atoms. The first-order valence-electron chi connectivity index (χ1n) is 5.72. The molecule has 0 saturated carbocycles. The van der Waals surface area contributed by atoms with Gasteiger partial charge in [0.1, 0.15) is 5.82 Å². The topological polar surface area (TPSA) is 49.6 Å². The number of nitrogens with one attached hydrogen (secondary N) is 1.